The Labute approximate surface area is 256 Å². The molecule has 6 aromatic rings. The first-order valence-corrected chi connectivity index (χ1v) is 14.2. The standard InChI is InChI=1S/C33H26FN9O2/c1-19(34)32(44)38-22-6-2-5-21(17-22)33(45)40-26-11-8-20-18-23(9-10-24(20)26)43-30(25-7-3-14-36-29(25)35)39-27-12-13-28(41-31(27)43)42-16-4-15-37-42/h2-7,9-10,12-18,26H,1,8,11H2,(H2,35,36)(H,38,44)(H,40,45). The number of nitrogens with two attached hydrogens (primary N) is 1. The fourth-order valence-electron chi connectivity index (χ4n) is 5.58. The Hall–Kier alpha value is -6.17. The van der Waals surface area contributed by atoms with Crippen LogP contribution in [0.15, 0.2) is 104 Å². The molecule has 4 heterocycles. The van der Waals surface area contributed by atoms with Crippen LogP contribution >= 0.6 is 0 Å². The molecule has 7 rings (SSSR count). The largest absolute Gasteiger partial charge is 0.383 e. The molecule has 11 nitrogen and oxygen atoms in total. The maximum atomic E-state index is 13.2. The van der Waals surface area contributed by atoms with Crippen molar-refractivity contribution >= 4 is 34.5 Å². The summed E-state index contributed by atoms with van der Waals surface area (Å²) < 4.78 is 16.8. The predicted molar refractivity (Wildman–Crippen MR) is 167 cm³/mol. The first-order chi connectivity index (χ1) is 21.9. The van der Waals surface area contributed by atoms with E-state index in [-0.39, 0.29) is 11.9 Å². The van der Waals surface area contributed by atoms with Crippen molar-refractivity contribution in [2.45, 2.75) is 18.9 Å². The minimum absolute atomic E-state index is 0.220. The van der Waals surface area contributed by atoms with Gasteiger partial charge in [-0.05, 0) is 84.6 Å². The Morgan fingerprint density at radius 3 is 2.69 bits per heavy atom. The number of nitrogen functional groups attached to an aromatic ring is 1. The average Bonchev–Trinajstić information content (AvgIpc) is 3.80. The Kier molecular flexibility index (Phi) is 6.85. The van der Waals surface area contributed by atoms with Gasteiger partial charge in [-0.1, -0.05) is 18.7 Å². The molecule has 0 saturated heterocycles. The van der Waals surface area contributed by atoms with Crippen molar-refractivity contribution in [3.05, 3.63) is 120 Å². The first-order valence-electron chi connectivity index (χ1n) is 14.2. The number of amides is 2. The van der Waals surface area contributed by atoms with Gasteiger partial charge in [0.15, 0.2) is 23.1 Å². The van der Waals surface area contributed by atoms with Crippen molar-refractivity contribution in [1.29, 1.82) is 0 Å². The number of aryl methyl sites for hydroxylation is 1. The lowest BCUT2D eigenvalue weighted by atomic mass is 10.1. The third-order valence-corrected chi connectivity index (χ3v) is 7.71. The number of carbonyl (C=O) groups excluding carboxylic acids is 2. The number of fused-ring (bicyclic) bond motifs is 2. The quantitative estimate of drug-likeness (QED) is 0.217. The van der Waals surface area contributed by atoms with E-state index in [1.807, 2.05) is 53.2 Å². The first kappa shape index (κ1) is 27.7. The molecule has 1 atom stereocenters. The molecule has 2 aromatic carbocycles. The second kappa shape index (κ2) is 11.2. The molecular formula is C33H26FN9O2. The molecule has 0 spiro atoms. The lowest BCUT2D eigenvalue weighted by Crippen LogP contribution is -2.27. The van der Waals surface area contributed by atoms with Crippen LogP contribution in [0.2, 0.25) is 0 Å². The summed E-state index contributed by atoms with van der Waals surface area (Å²) in [4.78, 5) is 39.0. The summed E-state index contributed by atoms with van der Waals surface area (Å²) in [5.41, 5.74) is 11.8. The molecule has 0 aliphatic heterocycles. The normalized spacial score (nSPS) is 13.8. The summed E-state index contributed by atoms with van der Waals surface area (Å²) in [6.07, 6.45) is 6.60. The van der Waals surface area contributed by atoms with Gasteiger partial charge >= 0.3 is 0 Å². The number of halogens is 1. The predicted octanol–water partition coefficient (Wildman–Crippen LogP) is 5.09. The van der Waals surface area contributed by atoms with Crippen LogP contribution in [0, 0.1) is 0 Å². The van der Waals surface area contributed by atoms with Gasteiger partial charge in [0.05, 0.1) is 11.6 Å². The lowest BCUT2D eigenvalue weighted by molar-refractivity contribution is -0.114. The molecule has 0 radical (unpaired) electrons. The molecule has 4 N–H and O–H groups in total. The van der Waals surface area contributed by atoms with E-state index >= 15 is 0 Å². The van der Waals surface area contributed by atoms with E-state index in [0.717, 1.165) is 23.2 Å². The molecule has 222 valence electrons. The van der Waals surface area contributed by atoms with Gasteiger partial charge < -0.3 is 16.4 Å². The Bertz CT molecular complexity index is 2120. The van der Waals surface area contributed by atoms with Crippen molar-refractivity contribution in [3.63, 3.8) is 0 Å². The third-order valence-electron chi connectivity index (χ3n) is 7.71. The Balaban J connectivity index is 1.23. The molecule has 1 aliphatic carbocycles. The second-order valence-electron chi connectivity index (χ2n) is 10.6. The number of anilines is 2. The molecule has 1 unspecified atom stereocenters. The van der Waals surface area contributed by atoms with Crippen LogP contribution in [-0.2, 0) is 11.2 Å². The van der Waals surface area contributed by atoms with E-state index < -0.39 is 11.7 Å². The summed E-state index contributed by atoms with van der Waals surface area (Å²) in [6, 6.07) is 21.5. The number of hydrogen-bond acceptors (Lipinski definition) is 7. The number of pyridine rings is 2. The minimum Gasteiger partial charge on any atom is -0.383 e. The molecule has 2 amide bonds. The fraction of sp³-hybridized carbons (Fsp3) is 0.0909. The third kappa shape index (κ3) is 5.18. The molecule has 0 saturated carbocycles. The molecule has 0 fully saturated rings. The van der Waals surface area contributed by atoms with Crippen LogP contribution in [0.25, 0.3) is 34.1 Å². The zero-order chi connectivity index (χ0) is 31.1. The van der Waals surface area contributed by atoms with Gasteiger partial charge in [0.25, 0.3) is 11.8 Å². The SMILES string of the molecule is C=C(F)C(=O)Nc1cccc(C(=O)NC2CCc3cc(-n4c(-c5cccnc5N)nc5ccc(-n6cccn6)nc54)ccc32)c1. The number of aromatic nitrogens is 6. The zero-order valence-corrected chi connectivity index (χ0v) is 23.8. The van der Waals surface area contributed by atoms with Crippen LogP contribution in [0.3, 0.4) is 0 Å². The highest BCUT2D eigenvalue weighted by Gasteiger charge is 2.26. The number of imidazole rings is 1. The summed E-state index contributed by atoms with van der Waals surface area (Å²) in [5.74, 6) is -0.782. The molecule has 4 aromatic heterocycles. The van der Waals surface area contributed by atoms with Gasteiger partial charge in [-0.3, -0.25) is 14.2 Å². The van der Waals surface area contributed by atoms with E-state index in [9.17, 15) is 14.0 Å². The van der Waals surface area contributed by atoms with Gasteiger partial charge in [-0.15, -0.1) is 0 Å². The van der Waals surface area contributed by atoms with E-state index in [4.69, 9.17) is 15.7 Å². The van der Waals surface area contributed by atoms with E-state index in [1.54, 1.807) is 35.3 Å². The average molecular weight is 600 g/mol. The highest BCUT2D eigenvalue weighted by Crippen LogP contribution is 2.36. The van der Waals surface area contributed by atoms with Crippen LogP contribution in [0.4, 0.5) is 15.9 Å². The maximum absolute atomic E-state index is 13.2. The number of nitrogens with one attached hydrogen (secondary N) is 2. The Morgan fingerprint density at radius 1 is 1.00 bits per heavy atom. The summed E-state index contributed by atoms with van der Waals surface area (Å²) >= 11 is 0. The van der Waals surface area contributed by atoms with Crippen LogP contribution < -0.4 is 16.4 Å². The van der Waals surface area contributed by atoms with Crippen LogP contribution in [0.5, 0.6) is 0 Å². The van der Waals surface area contributed by atoms with Crippen molar-refractivity contribution in [3.8, 4) is 22.9 Å². The van der Waals surface area contributed by atoms with Gasteiger partial charge in [0, 0.05) is 35.5 Å². The zero-order valence-electron chi connectivity index (χ0n) is 23.8. The number of carbonyl (C=O) groups is 2. The number of benzene rings is 2. The monoisotopic (exact) mass is 599 g/mol. The van der Waals surface area contributed by atoms with Crippen molar-refractivity contribution < 1.29 is 14.0 Å². The number of nitrogens with zero attached hydrogens (tertiary/aromatic N) is 6. The van der Waals surface area contributed by atoms with Crippen LogP contribution in [-0.4, -0.2) is 41.1 Å². The Morgan fingerprint density at radius 2 is 1.89 bits per heavy atom. The smallest absolute Gasteiger partial charge is 0.283 e. The summed E-state index contributed by atoms with van der Waals surface area (Å²) in [6.45, 7) is 3.00. The lowest BCUT2D eigenvalue weighted by Gasteiger charge is -2.16. The van der Waals surface area contributed by atoms with Crippen LogP contribution in [0.1, 0.15) is 33.9 Å². The van der Waals surface area contributed by atoms with Crippen molar-refractivity contribution in [1.82, 2.24) is 34.6 Å². The topological polar surface area (TPSA) is 146 Å². The molecule has 1 aliphatic rings. The highest BCUT2D eigenvalue weighted by molar-refractivity contribution is 6.03. The van der Waals surface area contributed by atoms with Gasteiger partial charge in [0.2, 0.25) is 0 Å². The van der Waals surface area contributed by atoms with Crippen molar-refractivity contribution in [2.24, 2.45) is 0 Å². The number of hydrogen-bond donors (Lipinski definition) is 3. The second-order valence-corrected chi connectivity index (χ2v) is 10.6. The molecule has 12 heteroatoms. The molecule has 0 bridgehead atoms. The number of rotatable bonds is 7. The van der Waals surface area contributed by atoms with Gasteiger partial charge in [-0.25, -0.2) is 24.0 Å². The fourth-order valence-corrected chi connectivity index (χ4v) is 5.58. The van der Waals surface area contributed by atoms with Crippen molar-refractivity contribution in [2.75, 3.05) is 11.1 Å². The molecule has 45 heavy (non-hydrogen) atoms. The van der Waals surface area contributed by atoms with Gasteiger partial charge in [0.1, 0.15) is 11.3 Å². The summed E-state index contributed by atoms with van der Waals surface area (Å²) in [7, 11) is 0. The van der Waals surface area contributed by atoms with E-state index in [1.165, 1.54) is 6.07 Å². The van der Waals surface area contributed by atoms with Gasteiger partial charge in [-0.2, -0.15) is 5.10 Å². The molecular weight excluding hydrogens is 573 g/mol. The van der Waals surface area contributed by atoms with E-state index in [2.05, 4.69) is 33.4 Å². The summed E-state index contributed by atoms with van der Waals surface area (Å²) in [5, 5.41) is 9.81. The minimum atomic E-state index is -1.11. The highest BCUT2D eigenvalue weighted by atomic mass is 19.1. The van der Waals surface area contributed by atoms with E-state index in [0.29, 0.717) is 51.9 Å². The maximum Gasteiger partial charge on any atom is 0.283 e.